The Morgan fingerprint density at radius 1 is 1.02 bits per heavy atom. The molecule has 3 aromatic rings. The van der Waals surface area contributed by atoms with Gasteiger partial charge in [-0.15, -0.1) is 0 Å². The fourth-order valence-electron chi connectivity index (χ4n) is 4.07. The Balaban J connectivity index is 0.000000900. The number of carboxylic acid groups (broad SMARTS) is 1. The number of aliphatic carboxylic acids is 1. The van der Waals surface area contributed by atoms with E-state index in [9.17, 15) is 34.8 Å². The van der Waals surface area contributed by atoms with Crippen LogP contribution in [0.3, 0.4) is 0 Å². The Labute approximate surface area is 257 Å². The number of rotatable bonds is 10. The van der Waals surface area contributed by atoms with Gasteiger partial charge in [-0.1, -0.05) is 47.6 Å². The number of hydrogen-bond acceptors (Lipinski definition) is 10. The molecule has 0 bridgehead atoms. The van der Waals surface area contributed by atoms with Crippen LogP contribution in [0.2, 0.25) is 0 Å². The van der Waals surface area contributed by atoms with Crippen LogP contribution in [0.4, 0.5) is 24.5 Å². The van der Waals surface area contributed by atoms with Crippen LogP contribution >= 0.6 is 0 Å². The zero-order valence-electron chi connectivity index (χ0n) is 23.8. The third-order valence-electron chi connectivity index (χ3n) is 6.05. The molecule has 0 radical (unpaired) electrons. The minimum Gasteiger partial charge on any atom is -0.475 e. The minimum absolute atomic E-state index is 0.0211. The molecule has 0 aromatic heterocycles. The number of nitrogens with two attached hydrogens (primary N) is 2. The van der Waals surface area contributed by atoms with Gasteiger partial charge in [-0.2, -0.15) is 13.2 Å². The van der Waals surface area contributed by atoms with Crippen LogP contribution in [0.5, 0.6) is 0 Å². The van der Waals surface area contributed by atoms with E-state index in [0.29, 0.717) is 33.6 Å². The van der Waals surface area contributed by atoms with E-state index < -0.39 is 44.1 Å². The second-order valence-corrected chi connectivity index (χ2v) is 12.7. The van der Waals surface area contributed by atoms with Crippen molar-refractivity contribution in [2.75, 3.05) is 23.9 Å². The van der Waals surface area contributed by atoms with Crippen LogP contribution in [0.15, 0.2) is 76.8 Å². The summed E-state index contributed by atoms with van der Waals surface area (Å²) in [5.74, 6) is -3.44. The molecule has 0 spiro atoms. The largest absolute Gasteiger partial charge is 0.490 e. The van der Waals surface area contributed by atoms with Crippen molar-refractivity contribution in [1.29, 1.82) is 0 Å². The smallest absolute Gasteiger partial charge is 0.475 e. The number of benzene rings is 3. The first kappa shape index (κ1) is 36.5. The molecule has 13 nitrogen and oxygen atoms in total. The van der Waals surface area contributed by atoms with E-state index in [1.165, 1.54) is 6.07 Å². The number of halogens is 3. The number of oxime groups is 1. The molecule has 3 rings (SSSR count). The number of anilines is 2. The van der Waals surface area contributed by atoms with E-state index in [4.69, 9.17) is 26.0 Å². The van der Waals surface area contributed by atoms with Crippen molar-refractivity contribution in [3.05, 3.63) is 77.9 Å². The molecule has 244 valence electrons. The summed E-state index contributed by atoms with van der Waals surface area (Å²) in [6.45, 7) is 1.49. The van der Waals surface area contributed by atoms with Gasteiger partial charge in [-0.3, -0.25) is 4.79 Å². The first-order chi connectivity index (χ1) is 20.8. The Hall–Kier alpha value is -4.68. The Morgan fingerprint density at radius 2 is 1.60 bits per heavy atom. The molecule has 45 heavy (non-hydrogen) atoms. The minimum atomic E-state index is -5.08. The molecule has 7 N–H and O–H groups in total. The first-order valence-corrected chi connectivity index (χ1v) is 16.1. The number of sulfonamides is 2. The average Bonchev–Trinajstić information content (AvgIpc) is 2.94. The van der Waals surface area contributed by atoms with Crippen molar-refractivity contribution >= 4 is 49.5 Å². The summed E-state index contributed by atoms with van der Waals surface area (Å²) in [6, 6.07) is 16.8. The van der Waals surface area contributed by atoms with Gasteiger partial charge in [0, 0.05) is 35.5 Å². The number of nitrogen functional groups attached to an aromatic ring is 1. The summed E-state index contributed by atoms with van der Waals surface area (Å²) < 4.78 is 81.1. The van der Waals surface area contributed by atoms with Crippen LogP contribution < -0.4 is 16.2 Å². The van der Waals surface area contributed by atoms with Crippen molar-refractivity contribution < 1.29 is 49.9 Å². The van der Waals surface area contributed by atoms with Crippen LogP contribution in [-0.2, 0) is 36.1 Å². The van der Waals surface area contributed by atoms with Crippen molar-refractivity contribution in [3.63, 3.8) is 0 Å². The molecule has 0 aliphatic heterocycles. The molecule has 1 atom stereocenters. The lowest BCUT2D eigenvalue weighted by molar-refractivity contribution is -0.192. The topological polar surface area (TPSA) is 223 Å². The summed E-state index contributed by atoms with van der Waals surface area (Å²) in [6.07, 6.45) is -2.96. The first-order valence-electron chi connectivity index (χ1n) is 12.7. The number of nitrogens with one attached hydrogen (secondary N) is 1. The highest BCUT2D eigenvalue weighted by molar-refractivity contribution is 7.89. The van der Waals surface area contributed by atoms with Gasteiger partial charge in [0.25, 0.3) is 5.91 Å². The van der Waals surface area contributed by atoms with Crippen molar-refractivity contribution in [1.82, 2.24) is 4.31 Å². The molecule has 18 heteroatoms. The molecule has 0 saturated carbocycles. The number of carbonyl (C=O) groups excluding carboxylic acids is 1. The summed E-state index contributed by atoms with van der Waals surface area (Å²) in [7, 11) is -7.81. The van der Waals surface area contributed by atoms with Gasteiger partial charge in [0.15, 0.2) is 0 Å². The number of alkyl halides is 3. The van der Waals surface area contributed by atoms with E-state index in [1.54, 1.807) is 67.6 Å². The average molecular weight is 674 g/mol. The molecule has 1 amide bonds. The van der Waals surface area contributed by atoms with E-state index in [2.05, 4.69) is 10.5 Å². The molecule has 3 aromatic carbocycles. The van der Waals surface area contributed by atoms with E-state index >= 15 is 0 Å². The Morgan fingerprint density at radius 3 is 2.09 bits per heavy atom. The molecule has 0 aliphatic rings. The number of nitrogens with zero attached hydrogens (tertiary/aromatic N) is 2. The van der Waals surface area contributed by atoms with Crippen LogP contribution in [0, 0.1) is 0 Å². The number of primary sulfonamides is 1. The summed E-state index contributed by atoms with van der Waals surface area (Å²) in [5, 5.41) is 27.7. The lowest BCUT2D eigenvalue weighted by Gasteiger charge is -2.26. The van der Waals surface area contributed by atoms with Gasteiger partial charge in [0.2, 0.25) is 20.0 Å². The second-order valence-electron chi connectivity index (χ2n) is 9.25. The highest BCUT2D eigenvalue weighted by atomic mass is 32.2. The zero-order valence-corrected chi connectivity index (χ0v) is 25.4. The van der Waals surface area contributed by atoms with Gasteiger partial charge in [-0.05, 0) is 42.3 Å². The maximum atomic E-state index is 13.4. The number of hydrogen-bond donors (Lipinski definition) is 5. The molecule has 0 heterocycles. The molecule has 0 fully saturated rings. The molecular formula is C27H30F3N5O8S2. The SMILES string of the molecule is CCN(C(=O)[C@H](Cc1cccc(N)c1C=NO)Nc1ccc(-c2ccccc2S(N)(=O)=O)cc1)S(C)(=O)=O.O=C(O)C(F)(F)F. The van der Waals surface area contributed by atoms with E-state index in [-0.39, 0.29) is 17.9 Å². The Bertz CT molecular complexity index is 1770. The second kappa shape index (κ2) is 14.9. The van der Waals surface area contributed by atoms with E-state index in [1.807, 2.05) is 0 Å². The summed E-state index contributed by atoms with van der Waals surface area (Å²) >= 11 is 0. The van der Waals surface area contributed by atoms with Gasteiger partial charge >= 0.3 is 12.1 Å². The van der Waals surface area contributed by atoms with Crippen molar-refractivity contribution in [2.24, 2.45) is 10.3 Å². The molecule has 0 unspecified atom stereocenters. The predicted octanol–water partition coefficient (Wildman–Crippen LogP) is 2.86. The van der Waals surface area contributed by atoms with Crippen LogP contribution in [-0.4, -0.2) is 74.6 Å². The van der Waals surface area contributed by atoms with Gasteiger partial charge in [-0.25, -0.2) is 31.1 Å². The third-order valence-corrected chi connectivity index (χ3v) is 8.25. The standard InChI is InChI=1S/C25H29N5O6S2.C2HF3O2/c1-3-30(37(2,33)34)25(31)23(15-18-7-6-9-22(26)21(18)16-28-32)29-19-13-11-17(12-14-19)20-8-4-5-10-24(20)38(27,35)36;3-2(4,5)1(6)7/h4-14,16,23,29,32H,3,15,26H2,1-2H3,(H2,27,35,36);(H,6,7)/t23-;/m0./s1. The lowest BCUT2D eigenvalue weighted by atomic mass is 9.98. The van der Waals surface area contributed by atoms with Crippen LogP contribution in [0.25, 0.3) is 11.1 Å². The zero-order chi connectivity index (χ0) is 34.2. The fraction of sp³-hybridized carbons (Fsp3) is 0.222. The predicted molar refractivity (Wildman–Crippen MR) is 161 cm³/mol. The normalized spacial score (nSPS) is 12.6. The van der Waals surface area contributed by atoms with Gasteiger partial charge < -0.3 is 21.4 Å². The van der Waals surface area contributed by atoms with Crippen molar-refractivity contribution in [2.45, 2.75) is 30.5 Å². The third kappa shape index (κ3) is 10.2. The fourth-order valence-corrected chi connectivity index (χ4v) is 5.76. The highest BCUT2D eigenvalue weighted by Crippen LogP contribution is 2.28. The molecule has 0 aliphatic carbocycles. The summed E-state index contributed by atoms with van der Waals surface area (Å²) in [4.78, 5) is 22.3. The van der Waals surface area contributed by atoms with E-state index in [0.717, 1.165) is 16.8 Å². The maximum absolute atomic E-state index is 13.4. The van der Waals surface area contributed by atoms with Gasteiger partial charge in [0.1, 0.15) is 6.04 Å². The number of carboxylic acids is 1. The lowest BCUT2D eigenvalue weighted by Crippen LogP contribution is -2.46. The van der Waals surface area contributed by atoms with Gasteiger partial charge in [0.05, 0.1) is 17.4 Å². The summed E-state index contributed by atoms with van der Waals surface area (Å²) in [5.41, 5.74) is 8.75. The Kier molecular flexibility index (Phi) is 12.1. The molecular weight excluding hydrogens is 643 g/mol. The molecule has 0 saturated heterocycles. The number of likely N-dealkylation sites (N-methyl/N-ethyl adjacent to an activating group) is 1. The highest BCUT2D eigenvalue weighted by Gasteiger charge is 2.38. The number of amides is 1. The number of carbonyl (C=O) groups is 2. The van der Waals surface area contributed by atoms with Crippen LogP contribution in [0.1, 0.15) is 18.1 Å². The quantitative estimate of drug-likeness (QED) is 0.0916. The maximum Gasteiger partial charge on any atom is 0.490 e. The van der Waals surface area contributed by atoms with Crippen molar-refractivity contribution in [3.8, 4) is 11.1 Å². The monoisotopic (exact) mass is 673 g/mol.